The molecule has 2 aromatic rings. The number of hydrogen-bond acceptors (Lipinski definition) is 5. The van der Waals surface area contributed by atoms with Crippen LogP contribution in [-0.2, 0) is 30.7 Å². The Bertz CT molecular complexity index is 842. The van der Waals surface area contributed by atoms with E-state index < -0.39 is 0 Å². The molecule has 0 aromatic carbocycles. The Kier molecular flexibility index (Phi) is 6.11. The van der Waals surface area contributed by atoms with Gasteiger partial charge in [0.25, 0.3) is 0 Å². The highest BCUT2D eigenvalue weighted by molar-refractivity contribution is 5.79. The molecule has 156 valence electrons. The summed E-state index contributed by atoms with van der Waals surface area (Å²) in [6, 6.07) is 0. The van der Waals surface area contributed by atoms with Crippen LogP contribution >= 0.6 is 0 Å². The van der Waals surface area contributed by atoms with Crippen LogP contribution in [0.1, 0.15) is 56.4 Å². The Labute approximate surface area is 173 Å². The summed E-state index contributed by atoms with van der Waals surface area (Å²) in [6.45, 7) is 8.41. The first-order chi connectivity index (χ1) is 14.2. The monoisotopic (exact) mass is 396 g/mol. The number of nitrogens with zero attached hydrogens (tertiary/aromatic N) is 6. The summed E-state index contributed by atoms with van der Waals surface area (Å²) in [6.07, 6.45) is 12.1. The van der Waals surface area contributed by atoms with E-state index in [0.29, 0.717) is 13.1 Å². The summed E-state index contributed by atoms with van der Waals surface area (Å²) in [4.78, 5) is 26.9. The first-order valence-electron chi connectivity index (χ1n) is 11.1. The lowest BCUT2D eigenvalue weighted by molar-refractivity contribution is -0.136. The molecule has 0 spiro atoms. The maximum absolute atomic E-state index is 13.2. The van der Waals surface area contributed by atoms with Crippen molar-refractivity contribution in [3.8, 4) is 0 Å². The molecule has 7 heteroatoms. The Hall–Kier alpha value is -2.44. The van der Waals surface area contributed by atoms with Crippen molar-refractivity contribution < 1.29 is 4.79 Å². The lowest BCUT2D eigenvalue weighted by Gasteiger charge is -2.30. The van der Waals surface area contributed by atoms with Crippen LogP contribution in [0.4, 0.5) is 5.95 Å². The first kappa shape index (κ1) is 19.9. The predicted molar refractivity (Wildman–Crippen MR) is 113 cm³/mol. The fourth-order valence-electron chi connectivity index (χ4n) is 4.44. The van der Waals surface area contributed by atoms with Crippen LogP contribution in [0.3, 0.4) is 0 Å². The zero-order chi connectivity index (χ0) is 20.2. The second-order valence-corrected chi connectivity index (χ2v) is 8.19. The van der Waals surface area contributed by atoms with Crippen LogP contribution < -0.4 is 4.90 Å². The number of fused-ring (bicyclic) bond motifs is 1. The molecule has 1 amide bonds. The number of anilines is 1. The van der Waals surface area contributed by atoms with Crippen LogP contribution in [0.5, 0.6) is 0 Å². The molecule has 1 aliphatic carbocycles. The van der Waals surface area contributed by atoms with Gasteiger partial charge in [0.05, 0.1) is 6.20 Å². The molecule has 2 aliphatic rings. The quantitative estimate of drug-likeness (QED) is 0.751. The topological polar surface area (TPSA) is 67.2 Å². The third kappa shape index (κ3) is 4.43. The molecule has 0 saturated carbocycles. The number of aryl methyl sites for hydroxylation is 2. The molecule has 1 fully saturated rings. The fraction of sp³-hybridized carbons (Fsp3) is 0.636. The number of piperidine rings is 1. The van der Waals surface area contributed by atoms with E-state index in [9.17, 15) is 4.79 Å². The van der Waals surface area contributed by atoms with Gasteiger partial charge in [-0.2, -0.15) is 5.10 Å². The number of hydrogen-bond donors (Lipinski definition) is 0. The lowest BCUT2D eigenvalue weighted by Crippen LogP contribution is -2.38. The van der Waals surface area contributed by atoms with Crippen molar-refractivity contribution in [1.29, 1.82) is 0 Å². The van der Waals surface area contributed by atoms with Crippen LogP contribution in [0.25, 0.3) is 0 Å². The third-order valence-electron chi connectivity index (χ3n) is 6.20. The number of carbonyl (C=O) groups excluding carboxylic acids is 1. The van der Waals surface area contributed by atoms with Crippen molar-refractivity contribution in [2.24, 2.45) is 5.92 Å². The van der Waals surface area contributed by atoms with Crippen molar-refractivity contribution in [3.63, 3.8) is 0 Å². The van der Waals surface area contributed by atoms with Crippen LogP contribution in [-0.4, -0.2) is 50.2 Å². The van der Waals surface area contributed by atoms with Gasteiger partial charge < -0.3 is 9.80 Å². The maximum atomic E-state index is 13.2. The highest BCUT2D eigenvalue weighted by Crippen LogP contribution is 2.27. The van der Waals surface area contributed by atoms with Crippen molar-refractivity contribution >= 4 is 11.9 Å². The average Bonchev–Trinajstić information content (AvgIpc) is 3.24. The van der Waals surface area contributed by atoms with E-state index in [2.05, 4.69) is 21.9 Å². The van der Waals surface area contributed by atoms with Crippen molar-refractivity contribution in [1.82, 2.24) is 24.6 Å². The van der Waals surface area contributed by atoms with E-state index in [1.165, 1.54) is 19.3 Å². The first-order valence-corrected chi connectivity index (χ1v) is 11.1. The smallest absolute Gasteiger partial charge is 0.226 e. The largest absolute Gasteiger partial charge is 0.341 e. The van der Waals surface area contributed by atoms with E-state index in [1.54, 1.807) is 0 Å². The molecular weight excluding hydrogens is 364 g/mol. The molecule has 7 nitrogen and oxygen atoms in total. The summed E-state index contributed by atoms with van der Waals surface area (Å²) in [5, 5.41) is 4.33. The van der Waals surface area contributed by atoms with Crippen LogP contribution in [0.15, 0.2) is 18.6 Å². The SMILES string of the molecule is CCN(Cc1cnn(CC)c1)C(=O)C1CCc2nc(N3CCCCC3)ncc2C1. The second kappa shape index (κ2) is 8.93. The minimum Gasteiger partial charge on any atom is -0.341 e. The maximum Gasteiger partial charge on any atom is 0.226 e. The van der Waals surface area contributed by atoms with Gasteiger partial charge in [-0.3, -0.25) is 9.48 Å². The highest BCUT2D eigenvalue weighted by atomic mass is 16.2. The minimum atomic E-state index is 0.0214. The van der Waals surface area contributed by atoms with Gasteiger partial charge in [-0.1, -0.05) is 0 Å². The third-order valence-corrected chi connectivity index (χ3v) is 6.20. The Balaban J connectivity index is 1.42. The average molecular weight is 397 g/mol. The zero-order valence-electron chi connectivity index (χ0n) is 17.7. The van der Waals surface area contributed by atoms with E-state index >= 15 is 0 Å². The summed E-state index contributed by atoms with van der Waals surface area (Å²) in [5.41, 5.74) is 3.37. The van der Waals surface area contributed by atoms with Crippen molar-refractivity contribution in [2.75, 3.05) is 24.5 Å². The standard InChI is InChI=1S/C22H32N6O/c1-3-26(15-17-13-24-28(4-2)16-17)21(29)18-8-9-20-19(12-18)14-23-22(25-20)27-10-6-5-7-11-27/h13-14,16,18H,3-12,15H2,1-2H3. The van der Waals surface area contributed by atoms with Crippen LogP contribution in [0.2, 0.25) is 0 Å². The molecule has 0 N–H and O–H groups in total. The van der Waals surface area contributed by atoms with E-state index in [0.717, 1.165) is 61.7 Å². The molecule has 2 aromatic heterocycles. The Morgan fingerprint density at radius 1 is 1.21 bits per heavy atom. The summed E-state index contributed by atoms with van der Waals surface area (Å²) < 4.78 is 1.90. The second-order valence-electron chi connectivity index (χ2n) is 8.19. The molecular formula is C22H32N6O. The molecule has 29 heavy (non-hydrogen) atoms. The van der Waals surface area contributed by atoms with Gasteiger partial charge in [0.1, 0.15) is 0 Å². The van der Waals surface area contributed by atoms with Gasteiger partial charge in [-0.15, -0.1) is 0 Å². The summed E-state index contributed by atoms with van der Waals surface area (Å²) >= 11 is 0. The molecule has 0 bridgehead atoms. The Morgan fingerprint density at radius 2 is 2.03 bits per heavy atom. The molecule has 0 radical (unpaired) electrons. The zero-order valence-corrected chi connectivity index (χ0v) is 17.7. The van der Waals surface area contributed by atoms with E-state index in [1.807, 2.05) is 35.1 Å². The number of carbonyl (C=O) groups is 1. The van der Waals surface area contributed by atoms with Crippen LogP contribution in [0, 0.1) is 5.92 Å². The molecule has 3 heterocycles. The molecule has 1 saturated heterocycles. The lowest BCUT2D eigenvalue weighted by atomic mass is 9.86. The van der Waals surface area contributed by atoms with Gasteiger partial charge in [0, 0.05) is 62.3 Å². The van der Waals surface area contributed by atoms with Gasteiger partial charge in [-0.25, -0.2) is 9.97 Å². The number of amides is 1. The van der Waals surface area contributed by atoms with E-state index in [-0.39, 0.29) is 11.8 Å². The van der Waals surface area contributed by atoms with Gasteiger partial charge in [0.15, 0.2) is 0 Å². The van der Waals surface area contributed by atoms with Crippen molar-refractivity contribution in [3.05, 3.63) is 35.4 Å². The van der Waals surface area contributed by atoms with Gasteiger partial charge in [-0.05, 0) is 57.9 Å². The highest BCUT2D eigenvalue weighted by Gasteiger charge is 2.29. The fourth-order valence-corrected chi connectivity index (χ4v) is 4.44. The summed E-state index contributed by atoms with van der Waals surface area (Å²) in [7, 11) is 0. The van der Waals surface area contributed by atoms with E-state index in [4.69, 9.17) is 4.98 Å². The van der Waals surface area contributed by atoms with Gasteiger partial charge in [0.2, 0.25) is 11.9 Å². The predicted octanol–water partition coefficient (Wildman–Crippen LogP) is 2.84. The molecule has 4 rings (SSSR count). The summed E-state index contributed by atoms with van der Waals surface area (Å²) in [5.74, 6) is 1.13. The molecule has 1 atom stereocenters. The number of aromatic nitrogens is 4. The number of rotatable bonds is 6. The molecule has 1 unspecified atom stereocenters. The van der Waals surface area contributed by atoms with Crippen molar-refractivity contribution in [2.45, 2.75) is 65.5 Å². The minimum absolute atomic E-state index is 0.0214. The normalized spacial score (nSPS) is 19.1. The molecule has 1 aliphatic heterocycles. The Morgan fingerprint density at radius 3 is 2.76 bits per heavy atom. The van der Waals surface area contributed by atoms with Gasteiger partial charge >= 0.3 is 0 Å².